The van der Waals surface area contributed by atoms with Gasteiger partial charge in [0.15, 0.2) is 0 Å². The van der Waals surface area contributed by atoms with E-state index in [0.29, 0.717) is 5.75 Å². The van der Waals surface area contributed by atoms with Crippen molar-refractivity contribution in [1.29, 1.82) is 0 Å². The summed E-state index contributed by atoms with van der Waals surface area (Å²) < 4.78 is 37.7. The second kappa shape index (κ2) is 8.53. The van der Waals surface area contributed by atoms with E-state index in [1.165, 1.54) is 25.3 Å². The number of nitrogens with one attached hydrogen (secondary N) is 1. The van der Waals surface area contributed by atoms with E-state index in [-0.39, 0.29) is 22.1 Å². The lowest BCUT2D eigenvalue weighted by molar-refractivity contribution is 0.0600. The van der Waals surface area contributed by atoms with Crippen molar-refractivity contribution in [2.24, 2.45) is 0 Å². The average Bonchev–Trinajstić information content (AvgIpc) is 2.60. The monoisotopic (exact) mass is 397 g/mol. The molecule has 0 spiro atoms. The fraction of sp³-hybridized carbons (Fsp3) is 0.278. The van der Waals surface area contributed by atoms with Crippen LogP contribution in [0.3, 0.4) is 0 Å². The molecule has 2 rings (SSSR count). The van der Waals surface area contributed by atoms with Gasteiger partial charge in [0, 0.05) is 0 Å². The fourth-order valence-electron chi connectivity index (χ4n) is 2.16. The van der Waals surface area contributed by atoms with Crippen LogP contribution in [0.5, 0.6) is 5.75 Å². The van der Waals surface area contributed by atoms with Crippen LogP contribution in [0.1, 0.15) is 22.8 Å². The highest BCUT2D eigenvalue weighted by atomic mass is 35.5. The van der Waals surface area contributed by atoms with E-state index in [4.69, 9.17) is 16.3 Å². The van der Waals surface area contributed by atoms with Crippen molar-refractivity contribution >= 4 is 27.6 Å². The summed E-state index contributed by atoms with van der Waals surface area (Å²) in [6, 6.07) is 10.8. The number of esters is 1. The smallest absolute Gasteiger partial charge is 0.339 e. The van der Waals surface area contributed by atoms with Crippen LogP contribution >= 0.6 is 11.6 Å². The van der Waals surface area contributed by atoms with E-state index < -0.39 is 22.0 Å². The summed E-state index contributed by atoms with van der Waals surface area (Å²) in [5, 5.41) is 0.117. The molecule has 0 aromatic heterocycles. The third kappa shape index (κ3) is 5.20. The maximum Gasteiger partial charge on any atom is 0.339 e. The molecule has 0 amide bonds. The number of rotatable bonds is 7. The summed E-state index contributed by atoms with van der Waals surface area (Å²) in [6.07, 6.45) is 0. The normalized spacial score (nSPS) is 12.5. The van der Waals surface area contributed by atoms with Gasteiger partial charge in [-0.15, -0.1) is 0 Å². The van der Waals surface area contributed by atoms with E-state index in [0.717, 1.165) is 5.56 Å². The quantitative estimate of drug-likeness (QED) is 0.725. The van der Waals surface area contributed by atoms with Gasteiger partial charge in [-0.2, -0.15) is 0 Å². The Morgan fingerprint density at radius 3 is 2.46 bits per heavy atom. The first-order valence-corrected chi connectivity index (χ1v) is 9.68. The van der Waals surface area contributed by atoms with Crippen molar-refractivity contribution in [3.63, 3.8) is 0 Å². The van der Waals surface area contributed by atoms with Crippen LogP contribution in [0.4, 0.5) is 0 Å². The standard InChI is InChI=1S/C18H20ClNO5S/c1-12-4-6-14(7-5-12)25-11-13(2)20-26(22,23)15-8-9-17(19)16(10-15)18(21)24-3/h4-10,13,20H,11H2,1-3H3/t13-/m1/s1. The Labute approximate surface area is 158 Å². The van der Waals surface area contributed by atoms with Crippen molar-refractivity contribution in [3.05, 3.63) is 58.6 Å². The molecule has 1 atom stereocenters. The molecule has 0 aliphatic rings. The van der Waals surface area contributed by atoms with Gasteiger partial charge >= 0.3 is 5.97 Å². The third-order valence-electron chi connectivity index (χ3n) is 3.53. The second-order valence-corrected chi connectivity index (χ2v) is 7.90. The maximum atomic E-state index is 12.5. The Balaban J connectivity index is 2.07. The predicted molar refractivity (Wildman–Crippen MR) is 99.2 cm³/mol. The summed E-state index contributed by atoms with van der Waals surface area (Å²) in [5.74, 6) is -0.0519. The van der Waals surface area contributed by atoms with Crippen molar-refractivity contribution in [2.75, 3.05) is 13.7 Å². The molecule has 0 aliphatic heterocycles. The largest absolute Gasteiger partial charge is 0.492 e. The van der Waals surface area contributed by atoms with Crippen molar-refractivity contribution < 1.29 is 22.7 Å². The Kier molecular flexibility index (Phi) is 6.63. The molecule has 0 saturated heterocycles. The number of hydrogen-bond donors (Lipinski definition) is 1. The van der Waals surface area contributed by atoms with Gasteiger partial charge in [0.1, 0.15) is 12.4 Å². The lowest BCUT2D eigenvalue weighted by Crippen LogP contribution is -2.36. The Hall–Kier alpha value is -2.09. The van der Waals surface area contributed by atoms with Crippen molar-refractivity contribution in [3.8, 4) is 5.75 Å². The Morgan fingerprint density at radius 2 is 1.85 bits per heavy atom. The zero-order chi connectivity index (χ0) is 19.3. The molecule has 6 nitrogen and oxygen atoms in total. The van der Waals surface area contributed by atoms with Gasteiger partial charge in [0.2, 0.25) is 10.0 Å². The van der Waals surface area contributed by atoms with Crippen LogP contribution in [0.15, 0.2) is 47.4 Å². The fourth-order valence-corrected chi connectivity index (χ4v) is 3.61. The topological polar surface area (TPSA) is 81.7 Å². The molecule has 26 heavy (non-hydrogen) atoms. The van der Waals surface area contributed by atoms with Gasteiger partial charge in [-0.05, 0) is 44.2 Å². The third-order valence-corrected chi connectivity index (χ3v) is 5.45. The lowest BCUT2D eigenvalue weighted by Gasteiger charge is -2.16. The first kappa shape index (κ1) is 20.2. The molecule has 0 fully saturated rings. The minimum Gasteiger partial charge on any atom is -0.492 e. The SMILES string of the molecule is COC(=O)c1cc(S(=O)(=O)N[C@H](C)COc2ccc(C)cc2)ccc1Cl. The molecule has 0 radical (unpaired) electrons. The Morgan fingerprint density at radius 1 is 1.19 bits per heavy atom. The minimum absolute atomic E-state index is 0.0133. The number of benzene rings is 2. The zero-order valence-electron chi connectivity index (χ0n) is 14.7. The molecular weight excluding hydrogens is 378 g/mol. The van der Waals surface area contributed by atoms with Crippen LogP contribution in [-0.2, 0) is 14.8 Å². The lowest BCUT2D eigenvalue weighted by atomic mass is 10.2. The van der Waals surface area contributed by atoms with Crippen LogP contribution in [0.2, 0.25) is 5.02 Å². The van der Waals surface area contributed by atoms with Gasteiger partial charge in [0.25, 0.3) is 0 Å². The summed E-state index contributed by atoms with van der Waals surface area (Å²) in [7, 11) is -2.65. The molecule has 2 aromatic rings. The summed E-state index contributed by atoms with van der Waals surface area (Å²) in [4.78, 5) is 11.6. The molecule has 0 unspecified atom stereocenters. The molecule has 0 saturated carbocycles. The van der Waals surface area contributed by atoms with E-state index in [1.807, 2.05) is 31.2 Å². The summed E-state index contributed by atoms with van der Waals surface area (Å²) in [5.41, 5.74) is 1.09. The van der Waals surface area contributed by atoms with Gasteiger partial charge in [-0.3, -0.25) is 0 Å². The van der Waals surface area contributed by atoms with Crippen LogP contribution in [0, 0.1) is 6.92 Å². The zero-order valence-corrected chi connectivity index (χ0v) is 16.2. The number of hydrogen-bond acceptors (Lipinski definition) is 5. The molecule has 0 heterocycles. The molecule has 0 bridgehead atoms. The van der Waals surface area contributed by atoms with Crippen LogP contribution < -0.4 is 9.46 Å². The van der Waals surface area contributed by atoms with Gasteiger partial charge < -0.3 is 9.47 Å². The highest BCUT2D eigenvalue weighted by molar-refractivity contribution is 7.89. The van der Waals surface area contributed by atoms with Gasteiger partial charge in [-0.25, -0.2) is 17.9 Å². The number of halogens is 1. The number of carbonyl (C=O) groups is 1. The number of ether oxygens (including phenoxy) is 2. The highest BCUT2D eigenvalue weighted by Crippen LogP contribution is 2.21. The molecule has 1 N–H and O–H groups in total. The molecule has 8 heteroatoms. The van der Waals surface area contributed by atoms with Crippen LogP contribution in [0.25, 0.3) is 0 Å². The number of sulfonamides is 1. The number of carbonyl (C=O) groups excluding carboxylic acids is 1. The first-order valence-electron chi connectivity index (χ1n) is 7.82. The molecular formula is C18H20ClNO5S. The van der Waals surface area contributed by atoms with E-state index in [9.17, 15) is 13.2 Å². The second-order valence-electron chi connectivity index (χ2n) is 5.78. The van der Waals surface area contributed by atoms with Crippen molar-refractivity contribution in [1.82, 2.24) is 4.72 Å². The summed E-state index contributed by atoms with van der Waals surface area (Å²) in [6.45, 7) is 3.80. The molecule has 2 aromatic carbocycles. The number of methoxy groups -OCH3 is 1. The minimum atomic E-state index is -3.85. The van der Waals surface area contributed by atoms with Crippen LogP contribution in [-0.4, -0.2) is 34.1 Å². The molecule has 0 aliphatic carbocycles. The molecule has 140 valence electrons. The maximum absolute atomic E-state index is 12.5. The van der Waals surface area contributed by atoms with Gasteiger partial charge in [-0.1, -0.05) is 29.3 Å². The number of aryl methyl sites for hydroxylation is 1. The van der Waals surface area contributed by atoms with Gasteiger partial charge in [0.05, 0.1) is 28.6 Å². The summed E-state index contributed by atoms with van der Waals surface area (Å²) >= 11 is 5.92. The highest BCUT2D eigenvalue weighted by Gasteiger charge is 2.21. The van der Waals surface area contributed by atoms with Crippen molar-refractivity contribution in [2.45, 2.75) is 24.8 Å². The Bertz CT molecular complexity index is 881. The van der Waals surface area contributed by atoms with E-state index in [1.54, 1.807) is 6.92 Å². The average molecular weight is 398 g/mol. The predicted octanol–water partition coefficient (Wildman–Crippen LogP) is 3.18. The van der Waals surface area contributed by atoms with E-state index >= 15 is 0 Å². The first-order chi connectivity index (χ1) is 12.2. The van der Waals surface area contributed by atoms with E-state index in [2.05, 4.69) is 9.46 Å².